The molecule has 9 nitrogen and oxygen atoms in total. The summed E-state index contributed by atoms with van der Waals surface area (Å²) in [6, 6.07) is 0. The van der Waals surface area contributed by atoms with Gasteiger partial charge in [0.05, 0.1) is 12.2 Å². The van der Waals surface area contributed by atoms with Crippen LogP contribution in [0.1, 0.15) is 16.6 Å². The minimum absolute atomic E-state index is 0.0441. The summed E-state index contributed by atoms with van der Waals surface area (Å²) in [5.74, 6) is -0.233. The van der Waals surface area contributed by atoms with Gasteiger partial charge in [-0.25, -0.2) is 4.79 Å². The Morgan fingerprint density at radius 2 is 2.16 bits per heavy atom. The number of hydrogen-bond acceptors (Lipinski definition) is 8. The molecule has 104 valence electrons. The molecule has 1 unspecified atom stereocenters. The van der Waals surface area contributed by atoms with Gasteiger partial charge in [0.1, 0.15) is 24.1 Å². The van der Waals surface area contributed by atoms with Crippen molar-refractivity contribution in [2.75, 3.05) is 12.3 Å². The number of rotatable bonds is 3. The van der Waals surface area contributed by atoms with E-state index < -0.39 is 36.8 Å². The third kappa shape index (κ3) is 2.24. The highest BCUT2D eigenvalue weighted by Crippen LogP contribution is 2.28. The highest BCUT2D eigenvalue weighted by Gasteiger charge is 2.43. The molecule has 9 heteroatoms. The predicted octanol–water partition coefficient (Wildman–Crippen LogP) is -2.75. The quantitative estimate of drug-likeness (QED) is 0.432. The van der Waals surface area contributed by atoms with Crippen molar-refractivity contribution < 1.29 is 24.9 Å². The predicted molar refractivity (Wildman–Crippen MR) is 61.3 cm³/mol. The number of aldehydes is 1. The highest BCUT2D eigenvalue weighted by molar-refractivity contribution is 5.80. The average molecular weight is 271 g/mol. The fourth-order valence-electron chi connectivity index (χ4n) is 1.88. The molecule has 1 aliphatic heterocycles. The van der Waals surface area contributed by atoms with Crippen LogP contribution in [-0.2, 0) is 4.74 Å². The number of aliphatic hydroxyl groups excluding tert-OH is 3. The van der Waals surface area contributed by atoms with Crippen LogP contribution in [0.2, 0.25) is 0 Å². The first-order valence-corrected chi connectivity index (χ1v) is 5.46. The van der Waals surface area contributed by atoms with Crippen molar-refractivity contribution in [1.82, 2.24) is 9.55 Å². The summed E-state index contributed by atoms with van der Waals surface area (Å²) in [7, 11) is 0. The smallest absolute Gasteiger partial charge is 0.351 e. The molecule has 1 fully saturated rings. The number of anilines is 1. The van der Waals surface area contributed by atoms with Crippen molar-refractivity contribution in [3.63, 3.8) is 0 Å². The van der Waals surface area contributed by atoms with Crippen LogP contribution in [0.3, 0.4) is 0 Å². The van der Waals surface area contributed by atoms with Crippen LogP contribution in [0.25, 0.3) is 0 Å². The van der Waals surface area contributed by atoms with Gasteiger partial charge in [0.25, 0.3) is 0 Å². The van der Waals surface area contributed by atoms with E-state index in [0.29, 0.717) is 6.29 Å². The van der Waals surface area contributed by atoms with E-state index in [1.165, 1.54) is 0 Å². The summed E-state index contributed by atoms with van der Waals surface area (Å²) in [5.41, 5.74) is 4.49. The summed E-state index contributed by atoms with van der Waals surface area (Å²) < 4.78 is 6.01. The van der Waals surface area contributed by atoms with E-state index in [9.17, 15) is 19.8 Å². The molecule has 0 spiro atoms. The van der Waals surface area contributed by atoms with Crippen LogP contribution >= 0.6 is 0 Å². The minimum atomic E-state index is -1.43. The van der Waals surface area contributed by atoms with Crippen LogP contribution in [0.4, 0.5) is 5.82 Å². The lowest BCUT2D eigenvalue weighted by Gasteiger charge is -2.17. The van der Waals surface area contributed by atoms with Crippen LogP contribution in [0.5, 0.6) is 0 Å². The van der Waals surface area contributed by atoms with Crippen LogP contribution in [0.15, 0.2) is 11.0 Å². The van der Waals surface area contributed by atoms with Crippen LogP contribution in [-0.4, -0.2) is 56.1 Å². The first-order chi connectivity index (χ1) is 8.99. The molecule has 2 heterocycles. The molecule has 0 radical (unpaired) electrons. The zero-order chi connectivity index (χ0) is 14.2. The molecule has 2 rings (SSSR count). The first kappa shape index (κ1) is 13.6. The summed E-state index contributed by atoms with van der Waals surface area (Å²) >= 11 is 0. The maximum Gasteiger partial charge on any atom is 0.351 e. The molecule has 5 N–H and O–H groups in total. The van der Waals surface area contributed by atoms with E-state index in [-0.39, 0.29) is 11.4 Å². The van der Waals surface area contributed by atoms with Gasteiger partial charge in [-0.15, -0.1) is 0 Å². The minimum Gasteiger partial charge on any atom is -0.394 e. The Bertz CT molecular complexity index is 545. The molecule has 0 aliphatic carbocycles. The number of aromatic nitrogens is 2. The number of nitrogen functional groups attached to an aromatic ring is 1. The van der Waals surface area contributed by atoms with Gasteiger partial charge in [0.2, 0.25) is 0 Å². The maximum absolute atomic E-state index is 11.7. The van der Waals surface area contributed by atoms with E-state index in [4.69, 9.17) is 15.6 Å². The van der Waals surface area contributed by atoms with Crippen molar-refractivity contribution in [3.8, 4) is 0 Å². The molecular weight excluding hydrogens is 258 g/mol. The van der Waals surface area contributed by atoms with Crippen molar-refractivity contribution >= 4 is 12.1 Å². The monoisotopic (exact) mass is 271 g/mol. The van der Waals surface area contributed by atoms with E-state index >= 15 is 0 Å². The van der Waals surface area contributed by atoms with E-state index in [1.807, 2.05) is 0 Å². The molecule has 1 aromatic heterocycles. The third-order valence-electron chi connectivity index (χ3n) is 2.93. The van der Waals surface area contributed by atoms with Gasteiger partial charge in [-0.3, -0.25) is 9.36 Å². The number of carbonyl (C=O) groups is 1. The maximum atomic E-state index is 11.7. The normalized spacial score (nSPS) is 30.5. The Morgan fingerprint density at radius 1 is 1.47 bits per heavy atom. The molecule has 0 aromatic carbocycles. The fourth-order valence-corrected chi connectivity index (χ4v) is 1.88. The first-order valence-electron chi connectivity index (χ1n) is 5.46. The van der Waals surface area contributed by atoms with Crippen molar-refractivity contribution in [3.05, 3.63) is 22.2 Å². The number of aliphatic hydroxyl groups is 3. The van der Waals surface area contributed by atoms with Gasteiger partial charge in [-0.05, 0) is 0 Å². The molecule has 1 aliphatic rings. The topological polar surface area (TPSA) is 148 Å². The lowest BCUT2D eigenvalue weighted by Crippen LogP contribution is -2.36. The van der Waals surface area contributed by atoms with Crippen molar-refractivity contribution in [2.45, 2.75) is 24.5 Å². The second-order valence-electron chi connectivity index (χ2n) is 4.12. The van der Waals surface area contributed by atoms with Crippen LogP contribution in [0, 0.1) is 0 Å². The zero-order valence-corrected chi connectivity index (χ0v) is 9.71. The van der Waals surface area contributed by atoms with Gasteiger partial charge in [-0.2, -0.15) is 4.98 Å². The molecule has 0 bridgehead atoms. The number of hydrogen-bond donors (Lipinski definition) is 4. The van der Waals surface area contributed by atoms with E-state index in [0.717, 1.165) is 10.8 Å². The molecule has 19 heavy (non-hydrogen) atoms. The molecule has 1 saturated heterocycles. The zero-order valence-electron chi connectivity index (χ0n) is 9.71. The van der Waals surface area contributed by atoms with Gasteiger partial charge in [-0.1, -0.05) is 0 Å². The SMILES string of the molecule is Nc1nc(=O)n([C@@H]2O[C@H](CO)C(O)[C@@H]2O)cc1C=O. The van der Waals surface area contributed by atoms with Gasteiger partial charge in [0, 0.05) is 6.20 Å². The Hall–Kier alpha value is -1.81. The standard InChI is InChI=1S/C10H13N3O6/c11-8-4(2-14)1-13(10(18)12-8)9-7(17)6(16)5(3-15)19-9/h1-2,5-7,9,15-17H,3H2,(H2,11,12,18)/t5-,6?,7+,9-/m1/s1. The Labute approximate surface area is 106 Å². The highest BCUT2D eigenvalue weighted by atomic mass is 16.6. The van der Waals surface area contributed by atoms with Gasteiger partial charge in [0.15, 0.2) is 12.5 Å². The summed E-state index contributed by atoms with van der Waals surface area (Å²) in [4.78, 5) is 25.8. The largest absolute Gasteiger partial charge is 0.394 e. The van der Waals surface area contributed by atoms with E-state index in [2.05, 4.69) is 4.98 Å². The average Bonchev–Trinajstić information content (AvgIpc) is 2.67. The molecule has 0 amide bonds. The Morgan fingerprint density at radius 3 is 2.68 bits per heavy atom. The lowest BCUT2D eigenvalue weighted by molar-refractivity contribution is -0.0549. The fraction of sp³-hybridized carbons (Fsp3) is 0.500. The second kappa shape index (κ2) is 5.05. The molecule has 4 atom stereocenters. The second-order valence-corrected chi connectivity index (χ2v) is 4.12. The summed E-state index contributed by atoms with van der Waals surface area (Å²) in [6.07, 6.45) is -3.56. The van der Waals surface area contributed by atoms with Gasteiger partial charge >= 0.3 is 5.69 Å². The summed E-state index contributed by atoms with van der Waals surface area (Å²) in [5, 5.41) is 28.3. The van der Waals surface area contributed by atoms with Gasteiger partial charge < -0.3 is 25.8 Å². The molecular formula is C10H13N3O6. The number of ether oxygens (including phenoxy) is 1. The number of nitrogens with two attached hydrogens (primary N) is 1. The van der Waals surface area contributed by atoms with Crippen molar-refractivity contribution in [1.29, 1.82) is 0 Å². The van der Waals surface area contributed by atoms with Crippen LogP contribution < -0.4 is 11.4 Å². The third-order valence-corrected chi connectivity index (χ3v) is 2.93. The Balaban J connectivity index is 2.43. The Kier molecular flexibility index (Phi) is 3.62. The van der Waals surface area contributed by atoms with E-state index in [1.54, 1.807) is 0 Å². The number of carbonyl (C=O) groups excluding carboxylic acids is 1. The van der Waals surface area contributed by atoms with Crippen molar-refractivity contribution in [2.24, 2.45) is 0 Å². The number of nitrogens with zero attached hydrogens (tertiary/aromatic N) is 2. The lowest BCUT2D eigenvalue weighted by atomic mass is 10.1. The molecule has 1 aromatic rings. The summed E-state index contributed by atoms with van der Waals surface area (Å²) in [6.45, 7) is -0.521. The molecule has 0 saturated carbocycles.